The molecule has 1 aliphatic rings. The van der Waals surface area contributed by atoms with E-state index in [9.17, 15) is 0 Å². The lowest BCUT2D eigenvalue weighted by Gasteiger charge is -2.31. The van der Waals surface area contributed by atoms with E-state index in [4.69, 9.17) is 5.73 Å². The first-order valence-corrected chi connectivity index (χ1v) is 7.05. The van der Waals surface area contributed by atoms with E-state index in [0.29, 0.717) is 12.6 Å². The van der Waals surface area contributed by atoms with E-state index < -0.39 is 0 Å². The normalized spacial score (nSPS) is 24.0. The number of hydrogen-bond donors (Lipinski definition) is 2. The lowest BCUT2D eigenvalue weighted by atomic mass is 9.86. The Bertz CT molecular complexity index is 414. The van der Waals surface area contributed by atoms with Gasteiger partial charge in [0.15, 0.2) is 0 Å². The van der Waals surface area contributed by atoms with Crippen LogP contribution < -0.4 is 11.1 Å². The fourth-order valence-corrected chi connectivity index (χ4v) is 2.95. The van der Waals surface area contributed by atoms with Gasteiger partial charge in [0.25, 0.3) is 0 Å². The Balaban J connectivity index is 2.22. The molecule has 0 aliphatic heterocycles. The zero-order valence-corrected chi connectivity index (χ0v) is 11.8. The number of pyridine rings is 1. The average molecular weight is 247 g/mol. The largest absolute Gasteiger partial charge is 0.367 e. The molecule has 1 aliphatic carbocycles. The maximum atomic E-state index is 5.86. The summed E-state index contributed by atoms with van der Waals surface area (Å²) in [4.78, 5) is 4.64. The van der Waals surface area contributed by atoms with Crippen LogP contribution in [0.1, 0.15) is 49.4 Å². The smallest absolute Gasteiger partial charge is 0.131 e. The zero-order chi connectivity index (χ0) is 13.1. The Morgan fingerprint density at radius 2 is 2.06 bits per heavy atom. The quantitative estimate of drug-likeness (QED) is 0.862. The molecule has 0 radical (unpaired) electrons. The van der Waals surface area contributed by atoms with Gasteiger partial charge >= 0.3 is 0 Å². The first-order chi connectivity index (χ1) is 8.61. The fraction of sp³-hybridized carbons (Fsp3) is 0.667. The highest BCUT2D eigenvalue weighted by molar-refractivity contribution is 5.50. The third kappa shape index (κ3) is 2.83. The molecular formula is C15H25N3. The Kier molecular flexibility index (Phi) is 4.23. The van der Waals surface area contributed by atoms with Crippen molar-refractivity contribution < 1.29 is 0 Å². The predicted molar refractivity (Wildman–Crippen MR) is 76.6 cm³/mol. The molecule has 100 valence electrons. The van der Waals surface area contributed by atoms with Crippen molar-refractivity contribution in [3.8, 4) is 0 Å². The number of anilines is 1. The third-order valence-corrected chi connectivity index (χ3v) is 4.11. The molecule has 1 saturated carbocycles. The highest BCUT2D eigenvalue weighted by Crippen LogP contribution is 2.28. The van der Waals surface area contributed by atoms with Crippen molar-refractivity contribution >= 4 is 5.82 Å². The second-order valence-corrected chi connectivity index (χ2v) is 5.62. The Hall–Kier alpha value is -1.09. The topological polar surface area (TPSA) is 50.9 Å². The Morgan fingerprint density at radius 3 is 2.72 bits per heavy atom. The van der Waals surface area contributed by atoms with Gasteiger partial charge in [-0.25, -0.2) is 4.98 Å². The van der Waals surface area contributed by atoms with Crippen molar-refractivity contribution in [1.82, 2.24) is 4.98 Å². The van der Waals surface area contributed by atoms with Crippen LogP contribution >= 0.6 is 0 Å². The summed E-state index contributed by atoms with van der Waals surface area (Å²) in [5.41, 5.74) is 9.34. The summed E-state index contributed by atoms with van der Waals surface area (Å²) in [5.74, 6) is 1.74. The van der Waals surface area contributed by atoms with Crippen LogP contribution in [0.25, 0.3) is 0 Å². The maximum Gasteiger partial charge on any atom is 0.131 e. The minimum Gasteiger partial charge on any atom is -0.367 e. The van der Waals surface area contributed by atoms with Gasteiger partial charge in [0.1, 0.15) is 5.82 Å². The molecule has 0 bridgehead atoms. The fourth-order valence-electron chi connectivity index (χ4n) is 2.95. The van der Waals surface area contributed by atoms with Gasteiger partial charge in [0.05, 0.1) is 0 Å². The molecule has 2 unspecified atom stereocenters. The second kappa shape index (κ2) is 5.70. The van der Waals surface area contributed by atoms with Crippen molar-refractivity contribution in [2.24, 2.45) is 11.7 Å². The Morgan fingerprint density at radius 1 is 1.33 bits per heavy atom. The molecule has 1 aromatic heterocycles. The molecule has 3 N–H and O–H groups in total. The minimum absolute atomic E-state index is 0.553. The van der Waals surface area contributed by atoms with Crippen LogP contribution in [0, 0.1) is 19.8 Å². The van der Waals surface area contributed by atoms with Crippen LogP contribution in [-0.2, 0) is 6.54 Å². The summed E-state index contributed by atoms with van der Waals surface area (Å²) in [5, 5.41) is 3.64. The first-order valence-electron chi connectivity index (χ1n) is 7.05. The summed E-state index contributed by atoms with van der Waals surface area (Å²) in [6.45, 7) is 7.05. The van der Waals surface area contributed by atoms with Crippen molar-refractivity contribution in [3.63, 3.8) is 0 Å². The molecule has 3 heteroatoms. The molecule has 2 rings (SSSR count). The molecule has 0 amide bonds. The summed E-state index contributed by atoms with van der Waals surface area (Å²) in [6, 6.07) is 2.66. The van der Waals surface area contributed by atoms with E-state index in [1.807, 2.05) is 6.92 Å². The molecule has 0 aromatic carbocycles. The van der Waals surface area contributed by atoms with Crippen molar-refractivity contribution in [3.05, 3.63) is 22.9 Å². The van der Waals surface area contributed by atoms with Crippen LogP contribution in [0.5, 0.6) is 0 Å². The minimum atomic E-state index is 0.553. The molecule has 0 saturated heterocycles. The van der Waals surface area contributed by atoms with Gasteiger partial charge in [-0.1, -0.05) is 19.8 Å². The van der Waals surface area contributed by atoms with Gasteiger partial charge in [-0.3, -0.25) is 0 Å². The monoisotopic (exact) mass is 247 g/mol. The van der Waals surface area contributed by atoms with Gasteiger partial charge in [0, 0.05) is 23.8 Å². The van der Waals surface area contributed by atoms with Crippen LogP contribution in [-0.4, -0.2) is 11.0 Å². The summed E-state index contributed by atoms with van der Waals surface area (Å²) in [6.07, 6.45) is 5.26. The van der Waals surface area contributed by atoms with Crippen molar-refractivity contribution in [2.45, 2.75) is 59.0 Å². The van der Waals surface area contributed by atoms with Crippen LogP contribution in [0.3, 0.4) is 0 Å². The van der Waals surface area contributed by atoms with Crippen LogP contribution in [0.2, 0.25) is 0 Å². The van der Waals surface area contributed by atoms with E-state index >= 15 is 0 Å². The van der Waals surface area contributed by atoms with Crippen molar-refractivity contribution in [2.75, 3.05) is 5.32 Å². The number of nitrogens with one attached hydrogen (secondary N) is 1. The number of aryl methyl sites for hydroxylation is 2. The molecule has 18 heavy (non-hydrogen) atoms. The third-order valence-electron chi connectivity index (χ3n) is 4.11. The molecule has 1 fully saturated rings. The SMILES string of the molecule is Cc1cc(C)c(CN)c(NC2CCCCC2C)n1. The number of nitrogens with zero attached hydrogens (tertiary/aromatic N) is 1. The summed E-state index contributed by atoms with van der Waals surface area (Å²) < 4.78 is 0. The average Bonchev–Trinajstić information content (AvgIpc) is 2.31. The van der Waals surface area contributed by atoms with E-state index in [-0.39, 0.29) is 0 Å². The van der Waals surface area contributed by atoms with Crippen LogP contribution in [0.4, 0.5) is 5.82 Å². The number of aromatic nitrogens is 1. The van der Waals surface area contributed by atoms with Gasteiger partial charge < -0.3 is 11.1 Å². The number of hydrogen-bond acceptors (Lipinski definition) is 3. The van der Waals surface area contributed by atoms with Gasteiger partial charge in [-0.2, -0.15) is 0 Å². The highest BCUT2D eigenvalue weighted by atomic mass is 15.0. The molecule has 3 nitrogen and oxygen atoms in total. The number of rotatable bonds is 3. The van der Waals surface area contributed by atoms with Gasteiger partial charge in [-0.05, 0) is 44.2 Å². The summed E-state index contributed by atoms with van der Waals surface area (Å²) >= 11 is 0. The van der Waals surface area contributed by atoms with E-state index in [0.717, 1.165) is 17.4 Å². The standard InChI is InChI=1S/C15H25N3/c1-10-6-4-5-7-14(10)18-15-13(9-16)11(2)8-12(3)17-15/h8,10,14H,4-7,9,16H2,1-3H3,(H,17,18). The van der Waals surface area contributed by atoms with Crippen LogP contribution in [0.15, 0.2) is 6.07 Å². The van der Waals surface area contributed by atoms with Crippen molar-refractivity contribution in [1.29, 1.82) is 0 Å². The highest BCUT2D eigenvalue weighted by Gasteiger charge is 2.22. The molecule has 0 spiro atoms. The van der Waals surface area contributed by atoms with E-state index in [1.54, 1.807) is 0 Å². The molecular weight excluding hydrogens is 222 g/mol. The number of nitrogens with two attached hydrogens (primary N) is 1. The van der Waals surface area contributed by atoms with E-state index in [1.165, 1.54) is 36.8 Å². The molecule has 1 aromatic rings. The second-order valence-electron chi connectivity index (χ2n) is 5.62. The predicted octanol–water partition coefficient (Wildman–Crippen LogP) is 3.15. The molecule has 2 atom stereocenters. The first kappa shape index (κ1) is 13.3. The maximum absolute atomic E-state index is 5.86. The Labute approximate surface area is 110 Å². The zero-order valence-electron chi connectivity index (χ0n) is 11.8. The lowest BCUT2D eigenvalue weighted by Crippen LogP contribution is -2.31. The lowest BCUT2D eigenvalue weighted by molar-refractivity contribution is 0.349. The van der Waals surface area contributed by atoms with E-state index in [2.05, 4.69) is 30.2 Å². The van der Waals surface area contributed by atoms with Gasteiger partial charge in [-0.15, -0.1) is 0 Å². The molecule has 1 heterocycles. The summed E-state index contributed by atoms with van der Waals surface area (Å²) in [7, 11) is 0. The van der Waals surface area contributed by atoms with Gasteiger partial charge in [0.2, 0.25) is 0 Å².